The molecule has 3 N–H and O–H groups in total. The van der Waals surface area contributed by atoms with Crippen molar-refractivity contribution in [2.45, 2.75) is 45.6 Å². The van der Waals surface area contributed by atoms with Gasteiger partial charge in [-0.25, -0.2) is 0 Å². The van der Waals surface area contributed by atoms with Crippen molar-refractivity contribution in [1.29, 1.82) is 0 Å². The molecule has 0 aliphatic carbocycles. The van der Waals surface area contributed by atoms with Crippen LogP contribution in [0.2, 0.25) is 0 Å². The molecule has 18 heavy (non-hydrogen) atoms. The van der Waals surface area contributed by atoms with Crippen LogP contribution in [0.15, 0.2) is 24.3 Å². The maximum Gasteiger partial charge on any atom is 0.220 e. The summed E-state index contributed by atoms with van der Waals surface area (Å²) in [6.07, 6.45) is 3.26. The Balaban J connectivity index is 2.26. The fourth-order valence-corrected chi connectivity index (χ4v) is 1.86. The smallest absolute Gasteiger partial charge is 0.220 e. The first-order chi connectivity index (χ1) is 8.61. The second-order valence-corrected chi connectivity index (χ2v) is 4.89. The molecule has 3 heteroatoms. The monoisotopic (exact) mass is 248 g/mol. The molecule has 0 saturated carbocycles. The Morgan fingerprint density at radius 2 is 2.00 bits per heavy atom. The molecule has 0 aromatic heterocycles. The zero-order chi connectivity index (χ0) is 13.4. The van der Waals surface area contributed by atoms with Gasteiger partial charge in [0.2, 0.25) is 5.91 Å². The van der Waals surface area contributed by atoms with Crippen LogP contribution in [0.5, 0.6) is 0 Å². The van der Waals surface area contributed by atoms with Gasteiger partial charge in [-0.1, -0.05) is 29.8 Å². The Morgan fingerprint density at radius 1 is 1.33 bits per heavy atom. The lowest BCUT2D eigenvalue weighted by Gasteiger charge is -2.13. The average molecular weight is 248 g/mol. The van der Waals surface area contributed by atoms with Crippen LogP contribution in [-0.4, -0.2) is 18.5 Å². The van der Waals surface area contributed by atoms with E-state index in [1.807, 2.05) is 6.92 Å². The van der Waals surface area contributed by atoms with Crippen molar-refractivity contribution in [3.05, 3.63) is 35.4 Å². The summed E-state index contributed by atoms with van der Waals surface area (Å²) in [5.74, 6) is 0.125. The van der Waals surface area contributed by atoms with Crippen LogP contribution >= 0.6 is 0 Å². The van der Waals surface area contributed by atoms with E-state index in [2.05, 4.69) is 36.5 Å². The molecule has 0 saturated heterocycles. The standard InChI is InChI=1S/C15H24N2O/c1-12-5-7-14(8-6-12)9-10-15(18)17-13(2)4-3-11-16/h5-8,13H,3-4,9-11,16H2,1-2H3,(H,17,18). The van der Waals surface area contributed by atoms with Crippen LogP contribution < -0.4 is 11.1 Å². The SMILES string of the molecule is Cc1ccc(CCC(=O)NC(C)CCCN)cc1. The van der Waals surface area contributed by atoms with Crippen LogP contribution in [0, 0.1) is 6.92 Å². The number of hydrogen-bond acceptors (Lipinski definition) is 2. The Bertz CT molecular complexity index is 359. The first-order valence-electron chi connectivity index (χ1n) is 6.67. The number of hydrogen-bond donors (Lipinski definition) is 2. The molecule has 0 fully saturated rings. The van der Waals surface area contributed by atoms with E-state index in [0.717, 1.165) is 19.3 Å². The van der Waals surface area contributed by atoms with Gasteiger partial charge < -0.3 is 11.1 Å². The van der Waals surface area contributed by atoms with E-state index in [1.54, 1.807) is 0 Å². The highest BCUT2D eigenvalue weighted by molar-refractivity contribution is 5.76. The molecule has 1 rings (SSSR count). The molecule has 100 valence electrons. The summed E-state index contributed by atoms with van der Waals surface area (Å²) in [6.45, 7) is 4.78. The molecular weight excluding hydrogens is 224 g/mol. The van der Waals surface area contributed by atoms with E-state index >= 15 is 0 Å². The van der Waals surface area contributed by atoms with E-state index in [1.165, 1.54) is 11.1 Å². The molecule has 1 unspecified atom stereocenters. The molecule has 0 aliphatic rings. The average Bonchev–Trinajstić information content (AvgIpc) is 2.35. The summed E-state index contributed by atoms with van der Waals surface area (Å²) >= 11 is 0. The van der Waals surface area contributed by atoms with Crippen molar-refractivity contribution in [2.24, 2.45) is 5.73 Å². The normalized spacial score (nSPS) is 12.2. The van der Waals surface area contributed by atoms with Gasteiger partial charge in [0.15, 0.2) is 0 Å². The van der Waals surface area contributed by atoms with Crippen molar-refractivity contribution in [3.8, 4) is 0 Å². The molecule has 1 aromatic rings. The largest absolute Gasteiger partial charge is 0.354 e. The van der Waals surface area contributed by atoms with Gasteiger partial charge >= 0.3 is 0 Å². The van der Waals surface area contributed by atoms with Crippen molar-refractivity contribution in [1.82, 2.24) is 5.32 Å². The van der Waals surface area contributed by atoms with Gasteiger partial charge in [-0.3, -0.25) is 4.79 Å². The van der Waals surface area contributed by atoms with Crippen molar-refractivity contribution < 1.29 is 4.79 Å². The van der Waals surface area contributed by atoms with Gasteiger partial charge in [0.25, 0.3) is 0 Å². The Labute approximate surface area is 110 Å². The van der Waals surface area contributed by atoms with Gasteiger partial charge in [-0.2, -0.15) is 0 Å². The Morgan fingerprint density at radius 3 is 2.61 bits per heavy atom. The van der Waals surface area contributed by atoms with E-state index < -0.39 is 0 Å². The number of benzene rings is 1. The predicted molar refractivity (Wildman–Crippen MR) is 75.4 cm³/mol. The van der Waals surface area contributed by atoms with Crippen LogP contribution in [0.1, 0.15) is 37.3 Å². The topological polar surface area (TPSA) is 55.1 Å². The Hall–Kier alpha value is -1.35. The fourth-order valence-electron chi connectivity index (χ4n) is 1.86. The zero-order valence-corrected chi connectivity index (χ0v) is 11.4. The molecular formula is C15H24N2O. The summed E-state index contributed by atoms with van der Waals surface area (Å²) in [4.78, 5) is 11.7. The summed E-state index contributed by atoms with van der Waals surface area (Å²) in [5.41, 5.74) is 7.90. The van der Waals surface area contributed by atoms with Crippen molar-refractivity contribution in [2.75, 3.05) is 6.54 Å². The first-order valence-corrected chi connectivity index (χ1v) is 6.67. The predicted octanol–water partition coefficient (Wildman–Crippen LogP) is 2.17. The zero-order valence-electron chi connectivity index (χ0n) is 11.4. The van der Waals surface area contributed by atoms with E-state index in [-0.39, 0.29) is 11.9 Å². The van der Waals surface area contributed by atoms with Crippen LogP contribution in [0.3, 0.4) is 0 Å². The number of amides is 1. The van der Waals surface area contributed by atoms with Gasteiger partial charge in [-0.15, -0.1) is 0 Å². The lowest BCUT2D eigenvalue weighted by Crippen LogP contribution is -2.33. The van der Waals surface area contributed by atoms with Gasteiger partial charge in [0.1, 0.15) is 0 Å². The van der Waals surface area contributed by atoms with Crippen LogP contribution in [0.4, 0.5) is 0 Å². The molecule has 0 heterocycles. The van der Waals surface area contributed by atoms with E-state index in [0.29, 0.717) is 13.0 Å². The molecule has 1 amide bonds. The maximum absolute atomic E-state index is 11.7. The lowest BCUT2D eigenvalue weighted by atomic mass is 10.1. The number of nitrogens with two attached hydrogens (primary N) is 1. The number of rotatable bonds is 7. The fraction of sp³-hybridized carbons (Fsp3) is 0.533. The third kappa shape index (κ3) is 5.82. The highest BCUT2D eigenvalue weighted by Gasteiger charge is 2.06. The minimum atomic E-state index is 0.125. The molecule has 0 aliphatic heterocycles. The third-order valence-electron chi connectivity index (χ3n) is 3.01. The number of carbonyl (C=O) groups excluding carboxylic acids is 1. The number of carbonyl (C=O) groups is 1. The highest BCUT2D eigenvalue weighted by atomic mass is 16.1. The van der Waals surface area contributed by atoms with Crippen LogP contribution in [0.25, 0.3) is 0 Å². The van der Waals surface area contributed by atoms with Crippen molar-refractivity contribution in [3.63, 3.8) is 0 Å². The summed E-state index contributed by atoms with van der Waals surface area (Å²) < 4.78 is 0. The molecule has 3 nitrogen and oxygen atoms in total. The van der Waals surface area contributed by atoms with E-state index in [9.17, 15) is 4.79 Å². The Kier molecular flexibility index (Phi) is 6.44. The second kappa shape index (κ2) is 7.88. The van der Waals surface area contributed by atoms with Crippen LogP contribution in [-0.2, 0) is 11.2 Å². The van der Waals surface area contributed by atoms with Gasteiger partial charge in [0.05, 0.1) is 0 Å². The molecule has 1 aromatic carbocycles. The highest BCUT2D eigenvalue weighted by Crippen LogP contribution is 2.06. The quantitative estimate of drug-likeness (QED) is 0.777. The minimum absolute atomic E-state index is 0.125. The van der Waals surface area contributed by atoms with Crippen molar-refractivity contribution >= 4 is 5.91 Å². The molecule has 0 spiro atoms. The van der Waals surface area contributed by atoms with Gasteiger partial charge in [-0.05, 0) is 45.2 Å². The summed E-state index contributed by atoms with van der Waals surface area (Å²) in [7, 11) is 0. The lowest BCUT2D eigenvalue weighted by molar-refractivity contribution is -0.121. The second-order valence-electron chi connectivity index (χ2n) is 4.89. The third-order valence-corrected chi connectivity index (χ3v) is 3.01. The molecule has 0 radical (unpaired) electrons. The number of nitrogens with one attached hydrogen (secondary N) is 1. The maximum atomic E-state index is 11.7. The molecule has 1 atom stereocenters. The minimum Gasteiger partial charge on any atom is -0.354 e. The summed E-state index contributed by atoms with van der Waals surface area (Å²) in [6, 6.07) is 8.55. The summed E-state index contributed by atoms with van der Waals surface area (Å²) in [5, 5.41) is 3.00. The first kappa shape index (κ1) is 14.7. The van der Waals surface area contributed by atoms with E-state index in [4.69, 9.17) is 5.73 Å². The number of aryl methyl sites for hydroxylation is 2. The molecule has 0 bridgehead atoms. The van der Waals surface area contributed by atoms with Gasteiger partial charge in [0, 0.05) is 12.5 Å².